The Bertz CT molecular complexity index is 1010. The molecule has 0 aliphatic rings. The van der Waals surface area contributed by atoms with E-state index in [1.165, 1.54) is 4.90 Å². The van der Waals surface area contributed by atoms with Crippen molar-refractivity contribution in [2.45, 2.75) is 39.7 Å². The molecule has 1 atom stereocenters. The van der Waals surface area contributed by atoms with Crippen molar-refractivity contribution in [3.05, 3.63) is 65.7 Å². The number of rotatable bonds is 11. The number of carbonyl (C=O) groups excluding carboxylic acids is 2. The van der Waals surface area contributed by atoms with Crippen LogP contribution < -0.4 is 9.62 Å². The van der Waals surface area contributed by atoms with E-state index in [0.29, 0.717) is 25.2 Å². The quantitative estimate of drug-likeness (QED) is 0.560. The van der Waals surface area contributed by atoms with E-state index in [-0.39, 0.29) is 12.5 Å². The number of carbonyl (C=O) groups is 2. The molecular formula is C24H33N3O4S. The molecule has 0 bridgehead atoms. The number of nitrogens with one attached hydrogen (secondary N) is 1. The third-order valence-electron chi connectivity index (χ3n) is 5.17. The Morgan fingerprint density at radius 3 is 2.34 bits per heavy atom. The van der Waals surface area contributed by atoms with Crippen LogP contribution in [0.5, 0.6) is 0 Å². The molecule has 2 amide bonds. The van der Waals surface area contributed by atoms with Crippen molar-refractivity contribution < 1.29 is 18.0 Å². The lowest BCUT2D eigenvalue weighted by molar-refractivity contribution is -0.138. The molecule has 32 heavy (non-hydrogen) atoms. The first kappa shape index (κ1) is 25.4. The summed E-state index contributed by atoms with van der Waals surface area (Å²) in [7, 11) is -3.71. The van der Waals surface area contributed by atoms with Crippen LogP contribution in [0.15, 0.2) is 54.6 Å². The monoisotopic (exact) mass is 459 g/mol. The molecule has 0 fully saturated rings. The Labute approximate surface area is 191 Å². The second kappa shape index (κ2) is 11.7. The minimum atomic E-state index is -3.71. The van der Waals surface area contributed by atoms with Gasteiger partial charge in [0.25, 0.3) is 0 Å². The number of nitrogens with zero attached hydrogens (tertiary/aromatic N) is 2. The van der Waals surface area contributed by atoms with Crippen molar-refractivity contribution in [3.8, 4) is 0 Å². The molecule has 0 spiro atoms. The van der Waals surface area contributed by atoms with Gasteiger partial charge in [-0.2, -0.15) is 0 Å². The molecule has 0 heterocycles. The van der Waals surface area contributed by atoms with E-state index in [4.69, 9.17) is 0 Å². The molecule has 0 aromatic heterocycles. The van der Waals surface area contributed by atoms with Gasteiger partial charge in [0.2, 0.25) is 21.8 Å². The van der Waals surface area contributed by atoms with Gasteiger partial charge in [0.05, 0.1) is 11.9 Å². The van der Waals surface area contributed by atoms with Crippen molar-refractivity contribution in [2.75, 3.05) is 30.2 Å². The van der Waals surface area contributed by atoms with E-state index < -0.39 is 22.0 Å². The van der Waals surface area contributed by atoms with Crippen LogP contribution in [0.4, 0.5) is 5.69 Å². The highest BCUT2D eigenvalue weighted by Gasteiger charge is 2.29. The van der Waals surface area contributed by atoms with Crippen molar-refractivity contribution in [2.24, 2.45) is 0 Å². The number of amides is 2. The third kappa shape index (κ3) is 7.37. The summed E-state index contributed by atoms with van der Waals surface area (Å²) >= 11 is 0. The van der Waals surface area contributed by atoms with Crippen LogP contribution in [0.2, 0.25) is 0 Å². The number of hydrogen-bond acceptors (Lipinski definition) is 4. The number of anilines is 1. The maximum atomic E-state index is 13.3. The van der Waals surface area contributed by atoms with E-state index in [9.17, 15) is 18.0 Å². The van der Waals surface area contributed by atoms with Gasteiger partial charge in [-0.05, 0) is 49.9 Å². The van der Waals surface area contributed by atoms with Crippen molar-refractivity contribution in [1.82, 2.24) is 10.2 Å². The Kier molecular flexibility index (Phi) is 9.26. The summed E-state index contributed by atoms with van der Waals surface area (Å²) in [6, 6.07) is 15.9. The SMILES string of the molecule is CCCNC(=O)C(C)N(CCc1ccccc1)C(=O)CN(c1cccc(C)c1)S(C)(=O)=O. The van der Waals surface area contributed by atoms with E-state index in [2.05, 4.69) is 5.32 Å². The normalized spacial score (nSPS) is 12.1. The highest BCUT2D eigenvalue weighted by molar-refractivity contribution is 7.92. The number of hydrogen-bond donors (Lipinski definition) is 1. The summed E-state index contributed by atoms with van der Waals surface area (Å²) in [6.07, 6.45) is 2.42. The zero-order chi connectivity index (χ0) is 23.7. The summed E-state index contributed by atoms with van der Waals surface area (Å²) in [5.74, 6) is -0.679. The van der Waals surface area contributed by atoms with Crippen LogP contribution in [0.3, 0.4) is 0 Å². The molecule has 0 saturated carbocycles. The standard InChI is InChI=1S/C24H33N3O4S/c1-5-15-25-24(29)20(3)26(16-14-21-11-7-6-8-12-21)23(28)18-27(32(4,30)31)22-13-9-10-19(2)17-22/h6-13,17,20H,5,14-16,18H2,1-4H3,(H,25,29). The fourth-order valence-electron chi connectivity index (χ4n) is 3.36. The molecule has 0 radical (unpaired) electrons. The zero-order valence-corrected chi connectivity index (χ0v) is 20.1. The van der Waals surface area contributed by atoms with Gasteiger partial charge < -0.3 is 10.2 Å². The average molecular weight is 460 g/mol. The van der Waals surface area contributed by atoms with E-state index in [0.717, 1.165) is 28.1 Å². The molecule has 7 nitrogen and oxygen atoms in total. The summed E-state index contributed by atoms with van der Waals surface area (Å²) in [5.41, 5.74) is 2.34. The zero-order valence-electron chi connectivity index (χ0n) is 19.2. The third-order valence-corrected chi connectivity index (χ3v) is 6.31. The lowest BCUT2D eigenvalue weighted by atomic mass is 10.1. The van der Waals surface area contributed by atoms with Crippen LogP contribution in [-0.2, 0) is 26.0 Å². The van der Waals surface area contributed by atoms with Crippen molar-refractivity contribution in [1.29, 1.82) is 0 Å². The van der Waals surface area contributed by atoms with Crippen LogP contribution in [0.1, 0.15) is 31.4 Å². The first-order valence-electron chi connectivity index (χ1n) is 10.8. The summed E-state index contributed by atoms with van der Waals surface area (Å²) in [4.78, 5) is 27.4. The number of aryl methyl sites for hydroxylation is 1. The first-order chi connectivity index (χ1) is 15.1. The van der Waals surface area contributed by atoms with Crippen molar-refractivity contribution in [3.63, 3.8) is 0 Å². The highest BCUT2D eigenvalue weighted by Crippen LogP contribution is 2.19. The van der Waals surface area contributed by atoms with Gasteiger partial charge in [-0.3, -0.25) is 13.9 Å². The summed E-state index contributed by atoms with van der Waals surface area (Å²) < 4.78 is 26.1. The molecular weight excluding hydrogens is 426 g/mol. The minimum absolute atomic E-state index is 0.255. The molecule has 2 aromatic rings. The molecule has 0 aliphatic carbocycles. The maximum Gasteiger partial charge on any atom is 0.244 e. The molecule has 2 aromatic carbocycles. The van der Waals surface area contributed by atoms with Crippen molar-refractivity contribution >= 4 is 27.5 Å². The van der Waals surface area contributed by atoms with Gasteiger partial charge in [0.15, 0.2) is 0 Å². The van der Waals surface area contributed by atoms with Gasteiger partial charge >= 0.3 is 0 Å². The summed E-state index contributed by atoms with van der Waals surface area (Å²) in [5, 5.41) is 2.82. The lowest BCUT2D eigenvalue weighted by Gasteiger charge is -2.31. The maximum absolute atomic E-state index is 13.3. The fraction of sp³-hybridized carbons (Fsp3) is 0.417. The largest absolute Gasteiger partial charge is 0.354 e. The van der Waals surface area contributed by atoms with E-state index in [1.54, 1.807) is 25.1 Å². The van der Waals surface area contributed by atoms with Gasteiger partial charge in [-0.25, -0.2) is 8.42 Å². The molecule has 2 rings (SSSR count). The second-order valence-corrected chi connectivity index (χ2v) is 9.81. The topological polar surface area (TPSA) is 86.8 Å². The van der Waals surface area contributed by atoms with Crippen LogP contribution in [-0.4, -0.2) is 57.1 Å². The van der Waals surface area contributed by atoms with Gasteiger partial charge in [0.1, 0.15) is 12.6 Å². The Morgan fingerprint density at radius 2 is 1.75 bits per heavy atom. The average Bonchev–Trinajstić information content (AvgIpc) is 2.75. The Balaban J connectivity index is 2.28. The molecule has 1 unspecified atom stereocenters. The van der Waals surface area contributed by atoms with Gasteiger partial charge in [-0.1, -0.05) is 49.4 Å². The van der Waals surface area contributed by atoms with E-state index in [1.807, 2.05) is 50.2 Å². The predicted octanol–water partition coefficient (Wildman–Crippen LogP) is 2.75. The number of sulfonamides is 1. The lowest BCUT2D eigenvalue weighted by Crippen LogP contribution is -2.52. The minimum Gasteiger partial charge on any atom is -0.354 e. The molecule has 8 heteroatoms. The smallest absolute Gasteiger partial charge is 0.244 e. The Hall–Kier alpha value is -2.87. The molecule has 1 N–H and O–H groups in total. The van der Waals surface area contributed by atoms with Crippen LogP contribution in [0.25, 0.3) is 0 Å². The molecule has 0 saturated heterocycles. The van der Waals surface area contributed by atoms with E-state index >= 15 is 0 Å². The predicted molar refractivity (Wildman–Crippen MR) is 128 cm³/mol. The first-order valence-corrected chi connectivity index (χ1v) is 12.6. The number of benzene rings is 2. The summed E-state index contributed by atoms with van der Waals surface area (Å²) in [6.45, 7) is 5.93. The highest BCUT2D eigenvalue weighted by atomic mass is 32.2. The Morgan fingerprint density at radius 1 is 1.06 bits per heavy atom. The van der Waals surface area contributed by atoms with Gasteiger partial charge in [0, 0.05) is 13.1 Å². The molecule has 0 aliphatic heterocycles. The second-order valence-electron chi connectivity index (χ2n) is 7.90. The van der Waals surface area contributed by atoms with Crippen LogP contribution >= 0.6 is 0 Å². The van der Waals surface area contributed by atoms with Crippen LogP contribution in [0, 0.1) is 6.92 Å². The molecule has 174 valence electrons. The van der Waals surface area contributed by atoms with Gasteiger partial charge in [-0.15, -0.1) is 0 Å². The fourth-order valence-corrected chi connectivity index (χ4v) is 4.20.